The van der Waals surface area contributed by atoms with Crippen LogP contribution in [0.4, 0.5) is 0 Å². The molecule has 1 aliphatic rings. The third-order valence-electron chi connectivity index (χ3n) is 3.29. The minimum atomic E-state index is -2.09. The van der Waals surface area contributed by atoms with Gasteiger partial charge in [0.2, 0.25) is 0 Å². The van der Waals surface area contributed by atoms with E-state index in [9.17, 15) is 4.57 Å². The molecule has 1 aliphatic carbocycles. The van der Waals surface area contributed by atoms with Crippen LogP contribution in [0.2, 0.25) is 0 Å². The first-order valence-corrected chi connectivity index (χ1v) is 7.56. The fraction of sp³-hybridized carbons (Fsp3) is 0.500. The van der Waals surface area contributed by atoms with E-state index in [1.807, 2.05) is 37.0 Å². The molecule has 14 heavy (non-hydrogen) atoms. The van der Waals surface area contributed by atoms with E-state index >= 15 is 0 Å². The quantitative estimate of drug-likeness (QED) is 0.682. The lowest BCUT2D eigenvalue weighted by Crippen LogP contribution is -2.13. The second kappa shape index (κ2) is 3.90. The summed E-state index contributed by atoms with van der Waals surface area (Å²) in [5, 5.41) is 1.06. The summed E-state index contributed by atoms with van der Waals surface area (Å²) in [6.45, 7) is 1.96. The fourth-order valence-electron chi connectivity index (χ4n) is 2.33. The molecular weight excluding hydrogens is 191 g/mol. The Hall–Kier alpha value is -0.550. The topological polar surface area (TPSA) is 17.1 Å². The highest BCUT2D eigenvalue weighted by Crippen LogP contribution is 2.52. The van der Waals surface area contributed by atoms with Gasteiger partial charge in [0.05, 0.1) is 0 Å². The van der Waals surface area contributed by atoms with Crippen molar-refractivity contribution in [3.8, 4) is 0 Å². The maximum atomic E-state index is 12.6. The summed E-state index contributed by atoms with van der Waals surface area (Å²) >= 11 is 0. The highest BCUT2D eigenvalue weighted by Gasteiger charge is 2.31. The van der Waals surface area contributed by atoms with Crippen LogP contribution in [0.15, 0.2) is 30.3 Å². The van der Waals surface area contributed by atoms with Crippen LogP contribution in [0.1, 0.15) is 25.7 Å². The van der Waals surface area contributed by atoms with Gasteiger partial charge in [-0.1, -0.05) is 43.2 Å². The minimum absolute atomic E-state index is 0.449. The molecule has 0 N–H and O–H groups in total. The average molecular weight is 208 g/mol. The van der Waals surface area contributed by atoms with Crippen LogP contribution in [0.3, 0.4) is 0 Å². The molecule has 2 heteroatoms. The zero-order valence-electron chi connectivity index (χ0n) is 8.65. The van der Waals surface area contributed by atoms with Gasteiger partial charge in [-0.2, -0.15) is 0 Å². The van der Waals surface area contributed by atoms with Crippen LogP contribution in [0.25, 0.3) is 0 Å². The van der Waals surface area contributed by atoms with Gasteiger partial charge in [-0.3, -0.25) is 0 Å². The lowest BCUT2D eigenvalue weighted by molar-refractivity contribution is 0.574. The molecule has 0 aromatic heterocycles. The Morgan fingerprint density at radius 2 is 1.71 bits per heavy atom. The summed E-state index contributed by atoms with van der Waals surface area (Å²) in [7, 11) is -2.09. The zero-order chi connectivity index (χ0) is 10.0. The van der Waals surface area contributed by atoms with Crippen molar-refractivity contribution in [3.05, 3.63) is 30.3 Å². The molecule has 0 spiro atoms. The molecule has 1 fully saturated rings. The molecule has 1 aromatic carbocycles. The standard InChI is InChI=1S/C12H17OP/c1-14(13,12-9-5-6-10-12)11-7-3-2-4-8-11/h2-4,7-8,12H,5-6,9-10H2,1H3/t14-/m0/s1. The Morgan fingerprint density at radius 1 is 1.14 bits per heavy atom. The molecule has 1 saturated carbocycles. The van der Waals surface area contributed by atoms with Crippen LogP contribution in [-0.4, -0.2) is 12.3 Å². The third-order valence-corrected chi connectivity index (χ3v) is 6.52. The lowest BCUT2D eigenvalue weighted by Gasteiger charge is -2.20. The second-order valence-electron chi connectivity index (χ2n) is 4.26. The summed E-state index contributed by atoms with van der Waals surface area (Å²) in [5.41, 5.74) is 0.449. The Morgan fingerprint density at radius 3 is 2.29 bits per heavy atom. The summed E-state index contributed by atoms with van der Waals surface area (Å²) in [6.07, 6.45) is 4.83. The van der Waals surface area contributed by atoms with Crippen molar-refractivity contribution >= 4 is 12.4 Å². The average Bonchev–Trinajstić information content (AvgIpc) is 2.72. The van der Waals surface area contributed by atoms with Gasteiger partial charge >= 0.3 is 0 Å². The third kappa shape index (κ3) is 1.79. The van der Waals surface area contributed by atoms with Gasteiger partial charge in [-0.15, -0.1) is 0 Å². The molecule has 0 unspecified atom stereocenters. The van der Waals surface area contributed by atoms with E-state index in [0.29, 0.717) is 5.66 Å². The summed E-state index contributed by atoms with van der Waals surface area (Å²) < 4.78 is 12.6. The number of hydrogen-bond acceptors (Lipinski definition) is 1. The van der Waals surface area contributed by atoms with E-state index < -0.39 is 7.14 Å². The highest BCUT2D eigenvalue weighted by molar-refractivity contribution is 7.71. The molecule has 1 nitrogen and oxygen atoms in total. The van der Waals surface area contributed by atoms with Crippen LogP contribution < -0.4 is 5.30 Å². The van der Waals surface area contributed by atoms with Crippen molar-refractivity contribution < 1.29 is 4.57 Å². The van der Waals surface area contributed by atoms with Crippen molar-refractivity contribution in [2.24, 2.45) is 0 Å². The Labute approximate surface area is 85.9 Å². The predicted octanol–water partition coefficient (Wildman–Crippen LogP) is 3.25. The largest absolute Gasteiger partial charge is 0.319 e. The van der Waals surface area contributed by atoms with Crippen LogP contribution in [0, 0.1) is 0 Å². The lowest BCUT2D eigenvalue weighted by atomic mass is 10.4. The number of rotatable bonds is 2. The van der Waals surface area contributed by atoms with Crippen molar-refractivity contribution in [2.75, 3.05) is 6.66 Å². The van der Waals surface area contributed by atoms with Crippen LogP contribution in [-0.2, 0) is 4.57 Å². The molecule has 0 bridgehead atoms. The maximum absolute atomic E-state index is 12.6. The highest BCUT2D eigenvalue weighted by atomic mass is 31.2. The van der Waals surface area contributed by atoms with Gasteiger partial charge in [-0.05, 0) is 19.5 Å². The summed E-state index contributed by atoms with van der Waals surface area (Å²) in [6, 6.07) is 9.98. The van der Waals surface area contributed by atoms with E-state index in [1.165, 1.54) is 12.8 Å². The predicted molar refractivity (Wildman–Crippen MR) is 61.9 cm³/mol. The first-order valence-electron chi connectivity index (χ1n) is 5.34. The molecule has 0 aliphatic heterocycles. The number of hydrogen-bond donors (Lipinski definition) is 0. The Kier molecular flexibility index (Phi) is 2.78. The van der Waals surface area contributed by atoms with Gasteiger partial charge in [0, 0.05) is 11.0 Å². The second-order valence-corrected chi connectivity index (χ2v) is 7.49. The first kappa shape index (κ1) is 9.98. The van der Waals surface area contributed by atoms with Gasteiger partial charge < -0.3 is 4.57 Å². The first-order chi connectivity index (χ1) is 6.71. The van der Waals surface area contributed by atoms with Gasteiger partial charge in [0.15, 0.2) is 0 Å². The van der Waals surface area contributed by atoms with E-state index in [2.05, 4.69) is 0 Å². The van der Waals surface area contributed by atoms with E-state index in [1.54, 1.807) is 0 Å². The van der Waals surface area contributed by atoms with Crippen LogP contribution in [0.5, 0.6) is 0 Å². The van der Waals surface area contributed by atoms with E-state index in [4.69, 9.17) is 0 Å². The Balaban J connectivity index is 2.28. The summed E-state index contributed by atoms with van der Waals surface area (Å²) in [4.78, 5) is 0. The van der Waals surface area contributed by atoms with Crippen LogP contribution >= 0.6 is 7.14 Å². The summed E-state index contributed by atoms with van der Waals surface area (Å²) in [5.74, 6) is 0. The molecule has 0 amide bonds. The molecule has 0 heterocycles. The van der Waals surface area contributed by atoms with Crippen molar-refractivity contribution in [3.63, 3.8) is 0 Å². The maximum Gasteiger partial charge on any atom is 0.115 e. The normalized spacial score (nSPS) is 22.1. The van der Waals surface area contributed by atoms with E-state index in [-0.39, 0.29) is 0 Å². The number of benzene rings is 1. The monoisotopic (exact) mass is 208 g/mol. The van der Waals surface area contributed by atoms with E-state index in [0.717, 1.165) is 18.1 Å². The van der Waals surface area contributed by atoms with Crippen molar-refractivity contribution in [2.45, 2.75) is 31.3 Å². The van der Waals surface area contributed by atoms with Crippen molar-refractivity contribution in [1.82, 2.24) is 0 Å². The van der Waals surface area contributed by atoms with Crippen molar-refractivity contribution in [1.29, 1.82) is 0 Å². The van der Waals surface area contributed by atoms with Gasteiger partial charge in [0.1, 0.15) is 7.14 Å². The fourth-order valence-corrected chi connectivity index (χ4v) is 4.87. The van der Waals surface area contributed by atoms with Gasteiger partial charge in [-0.25, -0.2) is 0 Å². The minimum Gasteiger partial charge on any atom is -0.319 e. The Bertz CT molecular complexity index is 339. The molecule has 1 aromatic rings. The smallest absolute Gasteiger partial charge is 0.115 e. The molecule has 76 valence electrons. The molecule has 0 saturated heterocycles. The molecule has 2 rings (SSSR count). The molecule has 1 atom stereocenters. The zero-order valence-corrected chi connectivity index (χ0v) is 9.54. The molecular formula is C12H17OP. The molecule has 0 radical (unpaired) electrons. The van der Waals surface area contributed by atoms with Gasteiger partial charge in [0.25, 0.3) is 0 Å². The SMILES string of the molecule is C[P@](=O)(c1ccccc1)C1CCCC1.